The quantitative estimate of drug-likeness (QED) is 0.786. The second-order valence-corrected chi connectivity index (χ2v) is 9.40. The molecule has 0 aromatic heterocycles. The van der Waals surface area contributed by atoms with Crippen molar-refractivity contribution >= 4 is 5.97 Å². The molecule has 136 valence electrons. The largest absolute Gasteiger partial charge is 0.459 e. The van der Waals surface area contributed by atoms with E-state index in [0.29, 0.717) is 17.8 Å². The van der Waals surface area contributed by atoms with E-state index in [0.717, 1.165) is 38.5 Å². The molecule has 4 aliphatic rings. The van der Waals surface area contributed by atoms with Gasteiger partial charge in [-0.15, -0.1) is 0 Å². The smallest absolute Gasteiger partial charge is 0.303 e. The number of ether oxygens (including phenoxy) is 2. The number of hydrogen-bond donors (Lipinski definition) is 1. The zero-order valence-electron chi connectivity index (χ0n) is 15.5. The highest BCUT2D eigenvalue weighted by Gasteiger charge is 2.67. The van der Waals surface area contributed by atoms with Crippen molar-refractivity contribution in [3.63, 3.8) is 0 Å². The van der Waals surface area contributed by atoms with Crippen LogP contribution in [0.25, 0.3) is 0 Å². The van der Waals surface area contributed by atoms with Crippen LogP contribution in [0.5, 0.6) is 0 Å². The fraction of sp³-hybridized carbons (Fsp3) is 0.950. The SMILES string of the molecule is CC(=O)O[C@]1(C)CC[C@H](C(C)C)[C@H]2[C@H]3O[C@H](C[C@]4(O)CCC[C@H]34)[C@H]21. The summed E-state index contributed by atoms with van der Waals surface area (Å²) < 4.78 is 12.4. The van der Waals surface area contributed by atoms with E-state index < -0.39 is 11.2 Å². The molecule has 2 aliphatic carbocycles. The summed E-state index contributed by atoms with van der Waals surface area (Å²) in [4.78, 5) is 11.8. The van der Waals surface area contributed by atoms with Gasteiger partial charge in [-0.25, -0.2) is 0 Å². The van der Waals surface area contributed by atoms with E-state index >= 15 is 0 Å². The summed E-state index contributed by atoms with van der Waals surface area (Å²) in [5.74, 6) is 1.89. The van der Waals surface area contributed by atoms with Crippen molar-refractivity contribution in [1.29, 1.82) is 0 Å². The third-order valence-corrected chi connectivity index (χ3v) is 7.70. The molecule has 2 saturated heterocycles. The molecule has 0 spiro atoms. The lowest BCUT2D eigenvalue weighted by Crippen LogP contribution is -2.52. The molecule has 0 aromatic carbocycles. The topological polar surface area (TPSA) is 55.8 Å². The molecule has 2 bridgehead atoms. The molecular formula is C20H32O4. The first-order valence-corrected chi connectivity index (χ1v) is 9.82. The molecule has 0 radical (unpaired) electrons. The standard InChI is InChI=1S/C20H32O4/c1-11(2)13-7-9-19(4,24-12(3)21)17-15-10-20(22)8-5-6-14(20)18(23-15)16(13)17/h11,13-18,22H,5-10H2,1-4H3/t13-,14-,15-,16-,17-,18+,19-,20-/m1/s1. The van der Waals surface area contributed by atoms with Gasteiger partial charge in [-0.2, -0.15) is 0 Å². The predicted octanol–water partition coefficient (Wildman–Crippen LogP) is 3.31. The Hall–Kier alpha value is -0.610. The van der Waals surface area contributed by atoms with Crippen LogP contribution >= 0.6 is 0 Å². The first-order valence-electron chi connectivity index (χ1n) is 9.82. The Bertz CT molecular complexity index is 532. The van der Waals surface area contributed by atoms with Gasteiger partial charge in [0.05, 0.1) is 17.8 Å². The Labute approximate surface area is 145 Å². The van der Waals surface area contributed by atoms with Crippen LogP contribution in [0.3, 0.4) is 0 Å². The second kappa shape index (κ2) is 5.44. The van der Waals surface area contributed by atoms with Crippen LogP contribution in [0.2, 0.25) is 0 Å². The molecule has 8 atom stereocenters. The summed E-state index contributed by atoms with van der Waals surface area (Å²) in [6.45, 7) is 8.23. The second-order valence-electron chi connectivity index (χ2n) is 9.40. The zero-order valence-corrected chi connectivity index (χ0v) is 15.5. The van der Waals surface area contributed by atoms with Crippen molar-refractivity contribution in [2.45, 2.75) is 89.6 Å². The lowest BCUT2D eigenvalue weighted by Gasteiger charge is -2.48. The molecule has 0 aromatic rings. The van der Waals surface area contributed by atoms with Gasteiger partial charge in [0.2, 0.25) is 0 Å². The number of esters is 1. The van der Waals surface area contributed by atoms with Crippen molar-refractivity contribution in [2.75, 3.05) is 0 Å². The van der Waals surface area contributed by atoms with Crippen molar-refractivity contribution in [3.8, 4) is 0 Å². The molecule has 4 rings (SSSR count). The van der Waals surface area contributed by atoms with Crippen LogP contribution in [0.4, 0.5) is 0 Å². The Morgan fingerprint density at radius 1 is 1.29 bits per heavy atom. The maximum Gasteiger partial charge on any atom is 0.303 e. The summed E-state index contributed by atoms with van der Waals surface area (Å²) in [5.41, 5.74) is -1.00. The number of carbonyl (C=O) groups is 1. The molecule has 4 heteroatoms. The molecule has 2 aliphatic heterocycles. The van der Waals surface area contributed by atoms with E-state index in [1.54, 1.807) is 0 Å². The number of aliphatic hydroxyl groups is 1. The van der Waals surface area contributed by atoms with Gasteiger partial charge in [0.25, 0.3) is 0 Å². The summed E-state index contributed by atoms with van der Waals surface area (Å²) >= 11 is 0. The van der Waals surface area contributed by atoms with Crippen molar-refractivity contribution in [1.82, 2.24) is 0 Å². The molecular weight excluding hydrogens is 304 g/mol. The summed E-state index contributed by atoms with van der Waals surface area (Å²) in [5, 5.41) is 11.2. The minimum absolute atomic E-state index is 0.0326. The first-order chi connectivity index (χ1) is 11.3. The van der Waals surface area contributed by atoms with Crippen molar-refractivity contribution in [3.05, 3.63) is 0 Å². The number of carbonyl (C=O) groups excluding carboxylic acids is 1. The highest BCUT2D eigenvalue weighted by atomic mass is 16.6. The van der Waals surface area contributed by atoms with E-state index in [-0.39, 0.29) is 30.0 Å². The minimum atomic E-state index is -0.552. The van der Waals surface area contributed by atoms with Gasteiger partial charge in [0, 0.05) is 25.2 Å². The molecule has 0 amide bonds. The molecule has 4 fully saturated rings. The average molecular weight is 336 g/mol. The number of fused-ring (bicyclic) bond motifs is 7. The number of rotatable bonds is 2. The molecule has 24 heavy (non-hydrogen) atoms. The Morgan fingerprint density at radius 2 is 2.04 bits per heavy atom. The first kappa shape index (κ1) is 16.8. The van der Waals surface area contributed by atoms with E-state index in [9.17, 15) is 9.90 Å². The molecule has 2 heterocycles. The molecule has 0 unspecified atom stereocenters. The Morgan fingerprint density at radius 3 is 2.71 bits per heavy atom. The van der Waals surface area contributed by atoms with Crippen LogP contribution < -0.4 is 0 Å². The van der Waals surface area contributed by atoms with Gasteiger partial charge in [-0.05, 0) is 50.4 Å². The van der Waals surface area contributed by atoms with Gasteiger partial charge in [-0.1, -0.05) is 20.3 Å². The number of hydrogen-bond acceptors (Lipinski definition) is 4. The third kappa shape index (κ3) is 2.28. The Balaban J connectivity index is 1.74. The molecule has 1 N–H and O–H groups in total. The highest BCUT2D eigenvalue weighted by molar-refractivity contribution is 5.66. The average Bonchev–Trinajstić information content (AvgIpc) is 2.99. The van der Waals surface area contributed by atoms with Gasteiger partial charge in [0.1, 0.15) is 5.60 Å². The maximum absolute atomic E-state index is 11.8. The maximum atomic E-state index is 11.8. The van der Waals surface area contributed by atoms with Gasteiger partial charge < -0.3 is 14.6 Å². The summed E-state index contributed by atoms with van der Waals surface area (Å²) in [6.07, 6.45) is 5.98. The third-order valence-electron chi connectivity index (χ3n) is 7.70. The lowest BCUT2D eigenvalue weighted by molar-refractivity contribution is -0.176. The highest BCUT2D eigenvalue weighted by Crippen LogP contribution is 2.62. The van der Waals surface area contributed by atoms with Crippen LogP contribution in [-0.4, -0.2) is 34.5 Å². The van der Waals surface area contributed by atoms with E-state index in [4.69, 9.17) is 9.47 Å². The molecule has 4 nitrogen and oxygen atoms in total. The van der Waals surface area contributed by atoms with Gasteiger partial charge in [0.15, 0.2) is 0 Å². The molecule has 2 saturated carbocycles. The predicted molar refractivity (Wildman–Crippen MR) is 90.3 cm³/mol. The lowest BCUT2D eigenvalue weighted by atomic mass is 9.59. The van der Waals surface area contributed by atoms with Crippen LogP contribution in [0.15, 0.2) is 0 Å². The minimum Gasteiger partial charge on any atom is -0.459 e. The van der Waals surface area contributed by atoms with Crippen molar-refractivity contribution in [2.24, 2.45) is 29.6 Å². The van der Waals surface area contributed by atoms with Gasteiger partial charge >= 0.3 is 5.97 Å². The summed E-state index contributed by atoms with van der Waals surface area (Å²) in [6, 6.07) is 0. The van der Waals surface area contributed by atoms with E-state index in [2.05, 4.69) is 20.8 Å². The normalized spacial score (nSPS) is 52.9. The van der Waals surface area contributed by atoms with E-state index in [1.165, 1.54) is 6.92 Å². The monoisotopic (exact) mass is 336 g/mol. The summed E-state index contributed by atoms with van der Waals surface area (Å²) in [7, 11) is 0. The van der Waals surface area contributed by atoms with Crippen LogP contribution in [0.1, 0.15) is 66.2 Å². The van der Waals surface area contributed by atoms with Crippen LogP contribution in [-0.2, 0) is 14.3 Å². The van der Waals surface area contributed by atoms with E-state index in [1.807, 2.05) is 0 Å². The van der Waals surface area contributed by atoms with Gasteiger partial charge in [-0.3, -0.25) is 4.79 Å². The zero-order chi connectivity index (χ0) is 17.3. The fourth-order valence-corrected chi connectivity index (χ4v) is 6.87. The Kier molecular flexibility index (Phi) is 3.82. The van der Waals surface area contributed by atoms with Crippen LogP contribution in [0, 0.1) is 29.6 Å². The van der Waals surface area contributed by atoms with Crippen molar-refractivity contribution < 1.29 is 19.4 Å². The fourth-order valence-electron chi connectivity index (χ4n) is 6.87.